The smallest absolute Gasteiger partial charge is 0.343 e. The summed E-state index contributed by atoms with van der Waals surface area (Å²) in [4.78, 5) is 37.9. The van der Waals surface area contributed by atoms with Crippen LogP contribution in [-0.2, 0) is 0 Å². The van der Waals surface area contributed by atoms with E-state index < -0.39 is 16.9 Å². The minimum Gasteiger partial charge on any atom is -0.492 e. The van der Waals surface area contributed by atoms with E-state index >= 15 is 0 Å². The molecule has 10 heteroatoms. The second-order valence-electron chi connectivity index (χ2n) is 19.0. The van der Waals surface area contributed by atoms with Crippen LogP contribution in [0.15, 0.2) is 103 Å². The topological polar surface area (TPSA) is 114 Å². The SMILES string of the molecule is CCCCCCCCCCCCCCOc1ccc(/C=C/c2ccc(C(=O)Oc3cccc(OC(=O)c4ccc(/C=C/c5ccc(OCCCCCCCCCCCC)c([N+](=O)[O-])c5)cc4)c3C)cc2)cc1Cl. The van der Waals surface area contributed by atoms with Gasteiger partial charge in [0.15, 0.2) is 5.75 Å². The van der Waals surface area contributed by atoms with Crippen LogP contribution in [0.5, 0.6) is 23.0 Å². The first-order chi connectivity index (χ1) is 35.6. The van der Waals surface area contributed by atoms with Gasteiger partial charge >= 0.3 is 17.6 Å². The van der Waals surface area contributed by atoms with Crippen molar-refractivity contribution in [1.82, 2.24) is 0 Å². The summed E-state index contributed by atoms with van der Waals surface area (Å²) in [5.74, 6) is 0.367. The van der Waals surface area contributed by atoms with Crippen LogP contribution in [-0.4, -0.2) is 30.1 Å². The van der Waals surface area contributed by atoms with Crippen LogP contribution in [0, 0.1) is 17.0 Å². The Balaban J connectivity index is 1.03. The number of ether oxygens (including phenoxy) is 4. The molecule has 5 aromatic rings. The number of benzene rings is 5. The Kier molecular flexibility index (Phi) is 26.5. The number of rotatable bonds is 35. The third-order valence-electron chi connectivity index (χ3n) is 13.0. The summed E-state index contributed by atoms with van der Waals surface area (Å²) < 4.78 is 23.3. The summed E-state index contributed by atoms with van der Waals surface area (Å²) in [5, 5.41) is 12.5. The third kappa shape index (κ3) is 21.4. The third-order valence-corrected chi connectivity index (χ3v) is 13.3. The number of nitro groups is 1. The lowest BCUT2D eigenvalue weighted by Gasteiger charge is -2.12. The molecule has 0 saturated carbocycles. The Morgan fingerprint density at radius 1 is 0.466 bits per heavy atom. The lowest BCUT2D eigenvalue weighted by molar-refractivity contribution is -0.385. The Labute approximate surface area is 440 Å². The first-order valence-electron chi connectivity index (χ1n) is 27.1. The standard InChI is InChI=1S/C63H78ClNO8/c1-4-6-8-10-12-14-16-17-19-20-22-24-45-70-60-43-37-52(47-56(60)64)31-29-50-33-39-54(40-34-50)62(66)72-58-27-26-28-59(49(58)3)73-63(67)55-41-35-51(36-42-55)30-32-53-38-44-61(57(48-53)65(68)69)71-46-25-23-21-18-15-13-11-9-7-5-2/h26-44,47-48H,4-25,45-46H2,1-3H3/b31-29+,32-30+. The van der Waals surface area contributed by atoms with Crippen molar-refractivity contribution in [2.24, 2.45) is 0 Å². The molecule has 0 spiro atoms. The molecule has 0 unspecified atom stereocenters. The molecule has 9 nitrogen and oxygen atoms in total. The summed E-state index contributed by atoms with van der Waals surface area (Å²) in [6.07, 6.45) is 35.2. The van der Waals surface area contributed by atoms with E-state index in [0.29, 0.717) is 46.2 Å². The number of carbonyl (C=O) groups excluding carboxylic acids is 2. The maximum Gasteiger partial charge on any atom is 0.343 e. The van der Waals surface area contributed by atoms with E-state index in [2.05, 4.69) is 13.8 Å². The van der Waals surface area contributed by atoms with Gasteiger partial charge in [-0.15, -0.1) is 0 Å². The largest absolute Gasteiger partial charge is 0.492 e. The zero-order chi connectivity index (χ0) is 51.9. The lowest BCUT2D eigenvalue weighted by atomic mass is 10.1. The molecule has 0 aromatic heterocycles. The van der Waals surface area contributed by atoms with Crippen molar-refractivity contribution in [3.05, 3.63) is 157 Å². The van der Waals surface area contributed by atoms with Crippen molar-refractivity contribution in [2.75, 3.05) is 13.2 Å². The average Bonchev–Trinajstić information content (AvgIpc) is 3.40. The van der Waals surface area contributed by atoms with Crippen molar-refractivity contribution in [2.45, 2.75) is 162 Å². The van der Waals surface area contributed by atoms with E-state index in [1.54, 1.807) is 79.7 Å². The van der Waals surface area contributed by atoms with Gasteiger partial charge in [0, 0.05) is 11.6 Å². The molecule has 0 bridgehead atoms. The van der Waals surface area contributed by atoms with Crippen LogP contribution in [0.2, 0.25) is 5.02 Å². The number of carbonyl (C=O) groups is 2. The summed E-state index contributed by atoms with van der Waals surface area (Å²) in [7, 11) is 0. The van der Waals surface area contributed by atoms with Crippen LogP contribution < -0.4 is 18.9 Å². The summed E-state index contributed by atoms with van der Waals surface area (Å²) in [6.45, 7) is 7.32. The molecule has 0 radical (unpaired) electrons. The van der Waals surface area contributed by atoms with Gasteiger partial charge in [-0.1, -0.05) is 221 Å². The number of hydrogen-bond acceptors (Lipinski definition) is 8. The average molecular weight is 1010 g/mol. The number of halogens is 1. The van der Waals surface area contributed by atoms with E-state index in [9.17, 15) is 19.7 Å². The Morgan fingerprint density at radius 3 is 1.23 bits per heavy atom. The zero-order valence-corrected chi connectivity index (χ0v) is 44.4. The fraction of sp³-hybridized carbons (Fsp3) is 0.429. The molecule has 0 aliphatic rings. The maximum atomic E-state index is 13.2. The lowest BCUT2D eigenvalue weighted by Crippen LogP contribution is -2.12. The molecule has 390 valence electrons. The Hall–Kier alpha value is -6.19. The highest BCUT2D eigenvalue weighted by atomic mass is 35.5. The Bertz CT molecular complexity index is 2500. The van der Waals surface area contributed by atoms with Gasteiger partial charge < -0.3 is 18.9 Å². The van der Waals surface area contributed by atoms with Crippen LogP contribution in [0.1, 0.15) is 204 Å². The van der Waals surface area contributed by atoms with Crippen molar-refractivity contribution in [1.29, 1.82) is 0 Å². The van der Waals surface area contributed by atoms with Gasteiger partial charge in [-0.3, -0.25) is 10.1 Å². The van der Waals surface area contributed by atoms with Gasteiger partial charge in [-0.2, -0.15) is 0 Å². The molecule has 0 atom stereocenters. The molecule has 0 N–H and O–H groups in total. The van der Waals surface area contributed by atoms with Gasteiger partial charge in [-0.05, 0) is 96.6 Å². The second-order valence-corrected chi connectivity index (χ2v) is 19.4. The van der Waals surface area contributed by atoms with Gasteiger partial charge in [0.1, 0.15) is 17.2 Å². The molecule has 0 aliphatic carbocycles. The van der Waals surface area contributed by atoms with Crippen LogP contribution in [0.4, 0.5) is 5.69 Å². The van der Waals surface area contributed by atoms with E-state index in [4.69, 9.17) is 30.5 Å². The molecule has 5 aromatic carbocycles. The molecular formula is C63H78ClNO8. The molecule has 0 heterocycles. The highest BCUT2D eigenvalue weighted by Gasteiger charge is 2.18. The fourth-order valence-corrected chi connectivity index (χ4v) is 8.76. The number of nitrogens with zero attached hydrogens (tertiary/aromatic N) is 1. The molecule has 0 amide bonds. The van der Waals surface area contributed by atoms with E-state index in [0.717, 1.165) is 42.4 Å². The van der Waals surface area contributed by atoms with Crippen LogP contribution >= 0.6 is 11.6 Å². The van der Waals surface area contributed by atoms with Gasteiger partial charge in [0.05, 0.1) is 34.3 Å². The molecular weight excluding hydrogens is 934 g/mol. The van der Waals surface area contributed by atoms with Gasteiger partial charge in [0.2, 0.25) is 0 Å². The fourth-order valence-electron chi connectivity index (χ4n) is 8.52. The summed E-state index contributed by atoms with van der Waals surface area (Å²) in [5.41, 5.74) is 4.37. The molecule has 0 fully saturated rings. The van der Waals surface area contributed by atoms with E-state index in [1.807, 2.05) is 48.6 Å². The molecule has 73 heavy (non-hydrogen) atoms. The van der Waals surface area contributed by atoms with Crippen LogP contribution in [0.25, 0.3) is 24.3 Å². The van der Waals surface area contributed by atoms with E-state index in [1.165, 1.54) is 122 Å². The number of esters is 2. The van der Waals surface area contributed by atoms with Gasteiger partial charge in [-0.25, -0.2) is 9.59 Å². The highest BCUT2D eigenvalue weighted by Crippen LogP contribution is 2.31. The Morgan fingerprint density at radius 2 is 0.822 bits per heavy atom. The zero-order valence-electron chi connectivity index (χ0n) is 43.7. The normalized spacial score (nSPS) is 11.3. The monoisotopic (exact) mass is 1010 g/mol. The van der Waals surface area contributed by atoms with Crippen molar-refractivity contribution in [3.63, 3.8) is 0 Å². The quantitative estimate of drug-likeness (QED) is 0.00984. The first-order valence-corrected chi connectivity index (χ1v) is 27.5. The van der Waals surface area contributed by atoms with Crippen molar-refractivity contribution < 1.29 is 33.5 Å². The summed E-state index contributed by atoms with van der Waals surface area (Å²) >= 11 is 6.58. The number of hydrogen-bond donors (Lipinski definition) is 0. The number of unbranched alkanes of at least 4 members (excludes halogenated alkanes) is 20. The molecule has 5 rings (SSSR count). The second kappa shape index (κ2) is 33.5. The van der Waals surface area contributed by atoms with Gasteiger partial charge in [0.25, 0.3) is 0 Å². The predicted octanol–water partition coefficient (Wildman–Crippen LogP) is 18.7. The minimum atomic E-state index is -0.577. The van der Waals surface area contributed by atoms with E-state index in [-0.39, 0.29) is 22.9 Å². The highest BCUT2D eigenvalue weighted by molar-refractivity contribution is 6.32. The predicted molar refractivity (Wildman–Crippen MR) is 300 cm³/mol. The van der Waals surface area contributed by atoms with Crippen molar-refractivity contribution >= 4 is 53.5 Å². The molecule has 0 aliphatic heterocycles. The van der Waals surface area contributed by atoms with Crippen molar-refractivity contribution in [3.8, 4) is 23.0 Å². The minimum absolute atomic E-state index is 0.0747. The molecule has 0 saturated heterocycles. The van der Waals surface area contributed by atoms with Crippen LogP contribution in [0.3, 0.4) is 0 Å². The maximum absolute atomic E-state index is 13.2. The number of nitro benzene ring substituents is 1. The first kappa shape index (κ1) is 57.7. The summed E-state index contributed by atoms with van der Waals surface area (Å²) in [6, 6.07) is 29.6.